The summed E-state index contributed by atoms with van der Waals surface area (Å²) >= 11 is 3.45. The number of nitrogen functional groups attached to an aromatic ring is 1. The summed E-state index contributed by atoms with van der Waals surface area (Å²) < 4.78 is 0.981. The number of anilines is 2. The van der Waals surface area contributed by atoms with Gasteiger partial charge in [-0.25, -0.2) is 9.97 Å². The van der Waals surface area contributed by atoms with Gasteiger partial charge in [0, 0.05) is 21.4 Å². The number of nitrogens with two attached hydrogens (primary N) is 1. The minimum absolute atomic E-state index is 0.175. The smallest absolute Gasteiger partial charge is 0.141 e. The summed E-state index contributed by atoms with van der Waals surface area (Å²) in [4.78, 5) is 11.5. The van der Waals surface area contributed by atoms with Crippen LogP contribution in [0.25, 0.3) is 10.9 Å². The highest BCUT2D eigenvalue weighted by Gasteiger charge is 2.18. The Kier molecular flexibility index (Phi) is 4.04. The van der Waals surface area contributed by atoms with Gasteiger partial charge < -0.3 is 16.0 Å². The number of H-pyrrole nitrogens is 1. The van der Waals surface area contributed by atoms with E-state index >= 15 is 0 Å². The minimum atomic E-state index is 0.175. The molecule has 0 fully saturated rings. The van der Waals surface area contributed by atoms with E-state index in [1.54, 1.807) is 0 Å². The first kappa shape index (κ1) is 15.5. The molecule has 0 spiro atoms. The Hall–Kier alpha value is -2.41. The molecule has 3 aromatic rings. The van der Waals surface area contributed by atoms with E-state index in [9.17, 15) is 0 Å². The molecule has 1 aromatic carbocycles. The minimum Gasteiger partial charge on any atom is -0.383 e. The molecule has 0 saturated heterocycles. The highest BCUT2D eigenvalue weighted by atomic mass is 79.9. The molecular weight excluding hydrogens is 356 g/mol. The van der Waals surface area contributed by atoms with Crippen LogP contribution < -0.4 is 11.1 Å². The molecular formula is C16H17BrN6. The van der Waals surface area contributed by atoms with E-state index in [2.05, 4.69) is 36.2 Å². The third kappa shape index (κ3) is 3.05. The molecule has 0 atom stereocenters. The number of halogens is 1. The van der Waals surface area contributed by atoms with Crippen molar-refractivity contribution in [2.75, 3.05) is 11.1 Å². The zero-order chi connectivity index (χ0) is 16.6. The maximum absolute atomic E-state index is 8.54. The van der Waals surface area contributed by atoms with Gasteiger partial charge >= 0.3 is 0 Å². The molecule has 23 heavy (non-hydrogen) atoms. The standard InChI is InChI=1S/C16H17BrN6/c1-8(2)22-16-13(15(19)20-7-21-16)14(18)12-5-9-3-4-10(17)6-11(9)23-12/h3-8,18,23H,1-2H3,(H3,19,20,21,22). The van der Waals surface area contributed by atoms with Gasteiger partial charge in [-0.1, -0.05) is 22.0 Å². The van der Waals surface area contributed by atoms with Crippen molar-refractivity contribution in [2.45, 2.75) is 19.9 Å². The van der Waals surface area contributed by atoms with Gasteiger partial charge in [0.05, 0.1) is 17.0 Å². The van der Waals surface area contributed by atoms with Gasteiger partial charge in [-0.15, -0.1) is 0 Å². The fourth-order valence-electron chi connectivity index (χ4n) is 2.40. The van der Waals surface area contributed by atoms with E-state index in [1.807, 2.05) is 38.1 Å². The van der Waals surface area contributed by atoms with Gasteiger partial charge in [0.2, 0.25) is 0 Å². The fourth-order valence-corrected chi connectivity index (χ4v) is 2.76. The van der Waals surface area contributed by atoms with Gasteiger partial charge in [-0.3, -0.25) is 5.41 Å². The van der Waals surface area contributed by atoms with E-state index in [0.717, 1.165) is 15.4 Å². The van der Waals surface area contributed by atoms with Crippen molar-refractivity contribution in [3.05, 3.63) is 46.3 Å². The Morgan fingerprint density at radius 2 is 2.09 bits per heavy atom. The van der Waals surface area contributed by atoms with Crippen LogP contribution in [-0.4, -0.2) is 26.7 Å². The number of nitrogens with one attached hydrogen (secondary N) is 3. The van der Waals surface area contributed by atoms with Crippen LogP contribution >= 0.6 is 15.9 Å². The van der Waals surface area contributed by atoms with Crippen LogP contribution in [0.4, 0.5) is 11.6 Å². The van der Waals surface area contributed by atoms with Crippen molar-refractivity contribution < 1.29 is 0 Å². The predicted molar refractivity (Wildman–Crippen MR) is 97.1 cm³/mol. The largest absolute Gasteiger partial charge is 0.383 e. The average Bonchev–Trinajstić information content (AvgIpc) is 2.89. The zero-order valence-corrected chi connectivity index (χ0v) is 14.4. The summed E-state index contributed by atoms with van der Waals surface area (Å²) in [6.07, 6.45) is 1.40. The zero-order valence-electron chi connectivity index (χ0n) is 12.8. The van der Waals surface area contributed by atoms with Crippen LogP contribution in [-0.2, 0) is 0 Å². The van der Waals surface area contributed by atoms with Gasteiger partial charge in [0.15, 0.2) is 0 Å². The second-order valence-corrected chi connectivity index (χ2v) is 6.49. The second-order valence-electron chi connectivity index (χ2n) is 5.57. The molecule has 0 aliphatic rings. The van der Waals surface area contributed by atoms with Crippen LogP contribution in [0.1, 0.15) is 25.1 Å². The summed E-state index contributed by atoms with van der Waals surface area (Å²) in [5.74, 6) is 0.852. The molecule has 0 saturated carbocycles. The van der Waals surface area contributed by atoms with Crippen molar-refractivity contribution in [3.63, 3.8) is 0 Å². The summed E-state index contributed by atoms with van der Waals surface area (Å²) in [5.41, 5.74) is 8.39. The van der Waals surface area contributed by atoms with E-state index in [1.165, 1.54) is 6.33 Å². The Balaban J connectivity index is 2.08. The molecule has 0 aliphatic heterocycles. The van der Waals surface area contributed by atoms with Crippen molar-refractivity contribution in [1.82, 2.24) is 15.0 Å². The Labute approximate surface area is 142 Å². The van der Waals surface area contributed by atoms with Crippen LogP contribution in [0.2, 0.25) is 0 Å². The maximum Gasteiger partial charge on any atom is 0.141 e. The fraction of sp³-hybridized carbons (Fsp3) is 0.188. The number of aromatic nitrogens is 3. The number of rotatable bonds is 4. The van der Waals surface area contributed by atoms with Crippen molar-refractivity contribution >= 4 is 44.2 Å². The van der Waals surface area contributed by atoms with E-state index in [4.69, 9.17) is 11.1 Å². The van der Waals surface area contributed by atoms with E-state index in [0.29, 0.717) is 17.1 Å². The third-order valence-electron chi connectivity index (χ3n) is 3.41. The van der Waals surface area contributed by atoms with Gasteiger partial charge in [-0.2, -0.15) is 0 Å². The van der Waals surface area contributed by atoms with E-state index < -0.39 is 0 Å². The lowest BCUT2D eigenvalue weighted by Crippen LogP contribution is -2.18. The van der Waals surface area contributed by atoms with Crippen LogP contribution in [0.15, 0.2) is 35.1 Å². The summed E-state index contributed by atoms with van der Waals surface area (Å²) in [7, 11) is 0. The molecule has 0 radical (unpaired) electrons. The van der Waals surface area contributed by atoms with Gasteiger partial charge in [0.25, 0.3) is 0 Å². The summed E-state index contributed by atoms with van der Waals surface area (Å²) in [6.45, 7) is 4.01. The number of fused-ring (bicyclic) bond motifs is 1. The SMILES string of the molecule is CC(C)Nc1ncnc(N)c1C(=N)c1cc2ccc(Br)cc2[nH]1. The topological polar surface area (TPSA) is 103 Å². The summed E-state index contributed by atoms with van der Waals surface area (Å²) in [6, 6.07) is 8.04. The number of benzene rings is 1. The first-order valence-electron chi connectivity index (χ1n) is 7.20. The predicted octanol–water partition coefficient (Wildman–Crippen LogP) is 3.54. The molecule has 3 rings (SSSR count). The summed E-state index contributed by atoms with van der Waals surface area (Å²) in [5, 5.41) is 12.8. The molecule has 0 aliphatic carbocycles. The molecule has 0 unspecified atom stereocenters. The molecule has 6 nitrogen and oxygen atoms in total. The Bertz CT molecular complexity index is 883. The first-order chi connectivity index (χ1) is 11.0. The highest BCUT2D eigenvalue weighted by molar-refractivity contribution is 9.10. The van der Waals surface area contributed by atoms with Crippen LogP contribution in [0.5, 0.6) is 0 Å². The molecule has 0 bridgehead atoms. The Morgan fingerprint density at radius 1 is 1.30 bits per heavy atom. The molecule has 2 heterocycles. The first-order valence-corrected chi connectivity index (χ1v) is 7.99. The highest BCUT2D eigenvalue weighted by Crippen LogP contribution is 2.25. The molecule has 0 amide bonds. The molecule has 5 N–H and O–H groups in total. The van der Waals surface area contributed by atoms with Crippen molar-refractivity contribution in [3.8, 4) is 0 Å². The number of hydrogen-bond acceptors (Lipinski definition) is 5. The lowest BCUT2D eigenvalue weighted by atomic mass is 10.1. The molecule has 2 aromatic heterocycles. The molecule has 7 heteroatoms. The third-order valence-corrected chi connectivity index (χ3v) is 3.90. The maximum atomic E-state index is 8.54. The van der Waals surface area contributed by atoms with Gasteiger partial charge in [0.1, 0.15) is 18.0 Å². The Morgan fingerprint density at radius 3 is 2.83 bits per heavy atom. The average molecular weight is 373 g/mol. The van der Waals surface area contributed by atoms with Crippen molar-refractivity contribution in [2.24, 2.45) is 0 Å². The van der Waals surface area contributed by atoms with Crippen LogP contribution in [0, 0.1) is 5.41 Å². The number of nitrogens with zero attached hydrogens (tertiary/aromatic N) is 2. The quantitative estimate of drug-likeness (QED) is 0.525. The molecule has 118 valence electrons. The lowest BCUT2D eigenvalue weighted by Gasteiger charge is -2.14. The van der Waals surface area contributed by atoms with Crippen LogP contribution in [0.3, 0.4) is 0 Å². The van der Waals surface area contributed by atoms with Gasteiger partial charge in [-0.05, 0) is 32.0 Å². The van der Waals surface area contributed by atoms with E-state index in [-0.39, 0.29) is 17.6 Å². The lowest BCUT2D eigenvalue weighted by molar-refractivity contribution is 0.885. The van der Waals surface area contributed by atoms with Crippen molar-refractivity contribution in [1.29, 1.82) is 5.41 Å². The second kappa shape index (κ2) is 6.00. The number of hydrogen-bond donors (Lipinski definition) is 4. The number of aromatic amines is 1. The monoisotopic (exact) mass is 372 g/mol. The normalized spacial score (nSPS) is 11.1.